The maximum absolute atomic E-state index is 9.30. The minimum absolute atomic E-state index is 0.110. The third-order valence-electron chi connectivity index (χ3n) is 2.77. The van der Waals surface area contributed by atoms with Crippen LogP contribution in [0.4, 0.5) is 11.5 Å². The number of aromatic nitrogens is 2. The number of nitrogens with zero attached hydrogens (tertiary/aromatic N) is 3. The van der Waals surface area contributed by atoms with Crippen LogP contribution in [0.5, 0.6) is 0 Å². The Morgan fingerprint density at radius 2 is 2.00 bits per heavy atom. The lowest BCUT2D eigenvalue weighted by Crippen LogP contribution is -2.39. The van der Waals surface area contributed by atoms with Crippen molar-refractivity contribution in [1.29, 1.82) is 0 Å². The molecule has 18 heavy (non-hydrogen) atoms. The predicted molar refractivity (Wildman–Crippen MR) is 72.1 cm³/mol. The van der Waals surface area contributed by atoms with Gasteiger partial charge in [0.15, 0.2) is 11.0 Å². The lowest BCUT2D eigenvalue weighted by Gasteiger charge is -2.31. The van der Waals surface area contributed by atoms with Gasteiger partial charge in [0, 0.05) is 26.1 Å². The topological polar surface area (TPSA) is 81.5 Å². The van der Waals surface area contributed by atoms with Gasteiger partial charge in [0.05, 0.1) is 13.2 Å². The van der Waals surface area contributed by atoms with Crippen molar-refractivity contribution in [3.63, 3.8) is 0 Å². The molecule has 0 fully saturated rings. The number of hydrogen-bond donors (Lipinski definition) is 3. The van der Waals surface area contributed by atoms with E-state index in [1.165, 1.54) is 6.33 Å². The number of rotatable bonds is 6. The van der Waals surface area contributed by atoms with Crippen LogP contribution >= 0.6 is 11.6 Å². The Morgan fingerprint density at radius 1 is 1.39 bits per heavy atom. The third-order valence-corrected chi connectivity index (χ3v) is 3.06. The van der Waals surface area contributed by atoms with E-state index in [1.54, 1.807) is 14.0 Å². The molecule has 0 saturated carbocycles. The average molecular weight is 275 g/mol. The molecule has 0 spiro atoms. The summed E-state index contributed by atoms with van der Waals surface area (Å²) in [5.41, 5.74) is 0.0249. The molecular formula is C11H19ClN4O2. The van der Waals surface area contributed by atoms with E-state index in [0.717, 1.165) is 0 Å². The fourth-order valence-corrected chi connectivity index (χ4v) is 1.88. The molecule has 6 nitrogen and oxygen atoms in total. The van der Waals surface area contributed by atoms with Gasteiger partial charge >= 0.3 is 0 Å². The smallest absolute Gasteiger partial charge is 0.157 e. The van der Waals surface area contributed by atoms with Crippen molar-refractivity contribution in [1.82, 2.24) is 9.97 Å². The maximum atomic E-state index is 9.30. The maximum Gasteiger partial charge on any atom is 0.157 e. The zero-order valence-corrected chi connectivity index (χ0v) is 11.6. The molecule has 0 amide bonds. The molecule has 0 aromatic carbocycles. The molecule has 0 bridgehead atoms. The molecule has 1 heterocycles. The summed E-state index contributed by atoms with van der Waals surface area (Å²) >= 11 is 5.97. The first-order valence-electron chi connectivity index (χ1n) is 5.58. The Bertz CT molecular complexity index is 399. The molecular weight excluding hydrogens is 256 g/mol. The number of aliphatic hydroxyl groups is 2. The lowest BCUT2D eigenvalue weighted by molar-refractivity contribution is 0.0762. The number of hydrogen-bond acceptors (Lipinski definition) is 6. The molecule has 0 radical (unpaired) electrons. The number of anilines is 2. The van der Waals surface area contributed by atoms with E-state index < -0.39 is 5.41 Å². The van der Waals surface area contributed by atoms with E-state index in [1.807, 2.05) is 11.9 Å². The fourth-order valence-electron chi connectivity index (χ4n) is 1.66. The first kappa shape index (κ1) is 14.9. The lowest BCUT2D eigenvalue weighted by atomic mass is 9.92. The highest BCUT2D eigenvalue weighted by molar-refractivity contribution is 6.32. The second-order valence-electron chi connectivity index (χ2n) is 4.60. The summed E-state index contributed by atoms with van der Waals surface area (Å²) in [5, 5.41) is 21.9. The molecule has 0 unspecified atom stereocenters. The quantitative estimate of drug-likeness (QED) is 0.659. The van der Waals surface area contributed by atoms with Gasteiger partial charge in [-0.3, -0.25) is 0 Å². The second-order valence-corrected chi connectivity index (χ2v) is 4.95. The van der Waals surface area contributed by atoms with Gasteiger partial charge in [-0.05, 0) is 0 Å². The number of halogens is 1. The summed E-state index contributed by atoms with van der Waals surface area (Å²) < 4.78 is 0. The highest BCUT2D eigenvalue weighted by atomic mass is 35.5. The summed E-state index contributed by atoms with van der Waals surface area (Å²) in [5.74, 6) is 0.630. The van der Waals surface area contributed by atoms with Gasteiger partial charge in [-0.1, -0.05) is 18.5 Å². The van der Waals surface area contributed by atoms with Crippen LogP contribution in [-0.2, 0) is 0 Å². The van der Waals surface area contributed by atoms with Crippen LogP contribution in [0.1, 0.15) is 6.92 Å². The molecule has 0 aliphatic carbocycles. The fraction of sp³-hybridized carbons (Fsp3) is 0.636. The van der Waals surface area contributed by atoms with Crippen LogP contribution in [0.3, 0.4) is 0 Å². The molecule has 0 aliphatic rings. The largest absolute Gasteiger partial charge is 0.396 e. The summed E-state index contributed by atoms with van der Waals surface area (Å²) in [6.07, 6.45) is 1.38. The van der Waals surface area contributed by atoms with Crippen molar-refractivity contribution in [2.24, 2.45) is 5.41 Å². The van der Waals surface area contributed by atoms with Gasteiger partial charge in [-0.2, -0.15) is 0 Å². The Balaban J connectivity index is 2.97. The highest BCUT2D eigenvalue weighted by Gasteiger charge is 2.26. The van der Waals surface area contributed by atoms with Gasteiger partial charge in [-0.25, -0.2) is 9.97 Å². The molecule has 1 rings (SSSR count). The summed E-state index contributed by atoms with van der Waals surface area (Å²) in [6.45, 7) is 2.02. The third kappa shape index (κ3) is 3.22. The SMILES string of the molecule is CNc1c(Cl)ncnc1N(C)CC(C)(CO)CO. The van der Waals surface area contributed by atoms with Gasteiger partial charge in [0.25, 0.3) is 0 Å². The Kier molecular flexibility index (Phi) is 5.13. The van der Waals surface area contributed by atoms with E-state index in [2.05, 4.69) is 15.3 Å². The molecule has 0 aliphatic heterocycles. The predicted octanol–water partition coefficient (Wildman–Crippen LogP) is 0.599. The highest BCUT2D eigenvalue weighted by Crippen LogP contribution is 2.29. The van der Waals surface area contributed by atoms with Crippen molar-refractivity contribution in [3.05, 3.63) is 11.5 Å². The summed E-state index contributed by atoms with van der Waals surface area (Å²) in [6, 6.07) is 0. The summed E-state index contributed by atoms with van der Waals surface area (Å²) in [4.78, 5) is 9.89. The molecule has 0 saturated heterocycles. The normalized spacial score (nSPS) is 11.4. The number of aliphatic hydroxyl groups excluding tert-OH is 2. The average Bonchev–Trinajstić information content (AvgIpc) is 2.38. The van der Waals surface area contributed by atoms with E-state index >= 15 is 0 Å². The molecule has 0 atom stereocenters. The van der Waals surface area contributed by atoms with E-state index in [4.69, 9.17) is 11.6 Å². The van der Waals surface area contributed by atoms with Crippen molar-refractivity contribution in [2.45, 2.75) is 6.92 Å². The zero-order valence-electron chi connectivity index (χ0n) is 10.8. The van der Waals surface area contributed by atoms with Gasteiger partial charge in [0.2, 0.25) is 0 Å². The minimum atomic E-state index is -0.600. The first-order chi connectivity index (χ1) is 8.47. The van der Waals surface area contributed by atoms with Crippen molar-refractivity contribution < 1.29 is 10.2 Å². The van der Waals surface area contributed by atoms with E-state index in [0.29, 0.717) is 23.2 Å². The van der Waals surface area contributed by atoms with Crippen LogP contribution in [0, 0.1) is 5.41 Å². The molecule has 1 aromatic rings. The molecule has 102 valence electrons. The van der Waals surface area contributed by atoms with Gasteiger partial charge in [0.1, 0.15) is 12.0 Å². The van der Waals surface area contributed by atoms with Crippen molar-refractivity contribution in [2.75, 3.05) is 44.1 Å². The van der Waals surface area contributed by atoms with Crippen LogP contribution in [0.2, 0.25) is 5.15 Å². The van der Waals surface area contributed by atoms with Crippen LogP contribution in [0.25, 0.3) is 0 Å². The Hall–Kier alpha value is -1.11. The number of nitrogens with one attached hydrogen (secondary N) is 1. The molecule has 1 aromatic heterocycles. The standard InChI is InChI=1S/C11H19ClN4O2/c1-11(5-17,6-18)4-16(3)10-8(13-2)9(12)14-7-15-10/h7,13,17-18H,4-6H2,1-3H3. The van der Waals surface area contributed by atoms with Crippen LogP contribution < -0.4 is 10.2 Å². The molecule has 3 N–H and O–H groups in total. The van der Waals surface area contributed by atoms with Gasteiger partial charge in [-0.15, -0.1) is 0 Å². The minimum Gasteiger partial charge on any atom is -0.396 e. The summed E-state index contributed by atoms with van der Waals surface area (Å²) in [7, 11) is 3.56. The first-order valence-corrected chi connectivity index (χ1v) is 5.96. The Labute approximate surface area is 112 Å². The zero-order chi connectivity index (χ0) is 13.8. The van der Waals surface area contributed by atoms with E-state index in [-0.39, 0.29) is 13.2 Å². The van der Waals surface area contributed by atoms with Crippen LogP contribution in [0.15, 0.2) is 6.33 Å². The van der Waals surface area contributed by atoms with Crippen LogP contribution in [-0.4, -0.2) is 54.0 Å². The van der Waals surface area contributed by atoms with Crippen molar-refractivity contribution >= 4 is 23.1 Å². The van der Waals surface area contributed by atoms with Crippen molar-refractivity contribution in [3.8, 4) is 0 Å². The molecule has 7 heteroatoms. The van der Waals surface area contributed by atoms with E-state index in [9.17, 15) is 10.2 Å². The Morgan fingerprint density at radius 3 is 2.50 bits per heavy atom. The monoisotopic (exact) mass is 274 g/mol. The second kappa shape index (κ2) is 6.17. The van der Waals surface area contributed by atoms with Gasteiger partial charge < -0.3 is 20.4 Å².